The van der Waals surface area contributed by atoms with Crippen LogP contribution in [0.25, 0.3) is 0 Å². The van der Waals surface area contributed by atoms with Crippen LogP contribution in [0.4, 0.5) is 5.69 Å². The van der Waals surface area contributed by atoms with Gasteiger partial charge in [-0.2, -0.15) is 0 Å². The quantitative estimate of drug-likeness (QED) is 0.658. The molecular formula is C9H12N2O4S. The fourth-order valence-electron chi connectivity index (χ4n) is 1.10. The number of carbonyl (C=O) groups excluding carboxylic acids is 1. The summed E-state index contributed by atoms with van der Waals surface area (Å²) in [5, 5.41) is 11.9. The molecule has 1 amide bonds. The van der Waals surface area contributed by atoms with Crippen LogP contribution >= 0.6 is 0 Å². The SMILES string of the molecule is CNC(=O)c1ccc(NS(C)(=O)=O)c(O)c1. The molecule has 0 radical (unpaired) electrons. The lowest BCUT2D eigenvalue weighted by Gasteiger charge is -2.07. The molecular weight excluding hydrogens is 232 g/mol. The van der Waals surface area contributed by atoms with Crippen LogP contribution in [0, 0.1) is 0 Å². The number of anilines is 1. The number of sulfonamides is 1. The van der Waals surface area contributed by atoms with Gasteiger partial charge in [0.15, 0.2) is 0 Å². The maximum absolute atomic E-state index is 11.2. The second-order valence-electron chi connectivity index (χ2n) is 3.19. The molecule has 1 aromatic carbocycles. The average Bonchev–Trinajstić information content (AvgIpc) is 2.18. The van der Waals surface area contributed by atoms with Crippen LogP contribution < -0.4 is 10.0 Å². The zero-order valence-electron chi connectivity index (χ0n) is 8.81. The zero-order chi connectivity index (χ0) is 12.3. The lowest BCUT2D eigenvalue weighted by molar-refractivity contribution is 0.0962. The van der Waals surface area contributed by atoms with Crippen LogP contribution in [-0.4, -0.2) is 32.7 Å². The zero-order valence-corrected chi connectivity index (χ0v) is 9.63. The van der Waals surface area contributed by atoms with Crippen molar-refractivity contribution in [3.05, 3.63) is 23.8 Å². The van der Waals surface area contributed by atoms with E-state index in [1.165, 1.54) is 25.2 Å². The van der Waals surface area contributed by atoms with E-state index in [4.69, 9.17) is 0 Å². The fourth-order valence-corrected chi connectivity index (χ4v) is 1.68. The molecule has 88 valence electrons. The number of nitrogens with one attached hydrogen (secondary N) is 2. The van der Waals surface area contributed by atoms with Crippen molar-refractivity contribution in [2.45, 2.75) is 0 Å². The number of phenols is 1. The summed E-state index contributed by atoms with van der Waals surface area (Å²) in [6.07, 6.45) is 0.971. The summed E-state index contributed by atoms with van der Waals surface area (Å²) in [5.41, 5.74) is 0.286. The van der Waals surface area contributed by atoms with Crippen LogP contribution in [-0.2, 0) is 10.0 Å². The second-order valence-corrected chi connectivity index (χ2v) is 4.93. The molecule has 0 unspecified atom stereocenters. The van der Waals surface area contributed by atoms with E-state index < -0.39 is 10.0 Å². The van der Waals surface area contributed by atoms with Crippen molar-refractivity contribution in [1.29, 1.82) is 0 Å². The first-order valence-corrected chi connectivity index (χ1v) is 6.25. The molecule has 3 N–H and O–H groups in total. The Kier molecular flexibility index (Phi) is 3.38. The van der Waals surface area contributed by atoms with Crippen LogP contribution in [0.5, 0.6) is 5.75 Å². The van der Waals surface area contributed by atoms with Crippen LogP contribution in [0.2, 0.25) is 0 Å². The van der Waals surface area contributed by atoms with Crippen LogP contribution in [0.1, 0.15) is 10.4 Å². The number of hydrogen-bond acceptors (Lipinski definition) is 4. The summed E-state index contributed by atoms with van der Waals surface area (Å²) in [6, 6.07) is 3.92. The average molecular weight is 244 g/mol. The first-order valence-electron chi connectivity index (χ1n) is 4.36. The Bertz CT molecular complexity index is 510. The van der Waals surface area contributed by atoms with E-state index in [1.807, 2.05) is 0 Å². The molecule has 0 aliphatic rings. The predicted octanol–water partition coefficient (Wildman–Crippen LogP) is 0.123. The van der Waals surface area contributed by atoms with Crippen molar-refractivity contribution >= 4 is 21.6 Å². The molecule has 16 heavy (non-hydrogen) atoms. The molecule has 0 saturated heterocycles. The van der Waals surface area contributed by atoms with Gasteiger partial charge < -0.3 is 10.4 Å². The number of rotatable bonds is 3. The number of carbonyl (C=O) groups is 1. The number of phenolic OH excluding ortho intramolecular Hbond substituents is 1. The van der Waals surface area contributed by atoms with Gasteiger partial charge in [-0.05, 0) is 18.2 Å². The highest BCUT2D eigenvalue weighted by Gasteiger charge is 2.10. The highest BCUT2D eigenvalue weighted by Crippen LogP contribution is 2.24. The Morgan fingerprint density at radius 3 is 2.44 bits per heavy atom. The monoisotopic (exact) mass is 244 g/mol. The molecule has 0 atom stereocenters. The second kappa shape index (κ2) is 4.40. The summed E-state index contributed by atoms with van der Waals surface area (Å²) in [6.45, 7) is 0. The lowest BCUT2D eigenvalue weighted by Crippen LogP contribution is -2.17. The van der Waals surface area contributed by atoms with Crippen molar-refractivity contribution < 1.29 is 18.3 Å². The van der Waals surface area contributed by atoms with Gasteiger partial charge in [-0.1, -0.05) is 0 Å². The van der Waals surface area contributed by atoms with Crippen molar-refractivity contribution in [1.82, 2.24) is 5.32 Å². The van der Waals surface area contributed by atoms with Crippen LogP contribution in [0.15, 0.2) is 18.2 Å². The smallest absolute Gasteiger partial charge is 0.251 e. The third kappa shape index (κ3) is 3.13. The summed E-state index contributed by atoms with van der Waals surface area (Å²) in [7, 11) is -1.99. The highest BCUT2D eigenvalue weighted by atomic mass is 32.2. The Labute approximate surface area is 93.3 Å². The largest absolute Gasteiger partial charge is 0.506 e. The van der Waals surface area contributed by atoms with E-state index in [9.17, 15) is 18.3 Å². The Balaban J connectivity index is 3.05. The van der Waals surface area contributed by atoms with Crippen molar-refractivity contribution in [3.8, 4) is 5.75 Å². The predicted molar refractivity (Wildman–Crippen MR) is 60.0 cm³/mol. The van der Waals surface area contributed by atoms with Gasteiger partial charge in [0, 0.05) is 12.6 Å². The Morgan fingerprint density at radius 1 is 1.38 bits per heavy atom. The minimum absolute atomic E-state index is 0.0372. The molecule has 0 spiro atoms. The van der Waals surface area contributed by atoms with E-state index in [0.29, 0.717) is 0 Å². The first kappa shape index (κ1) is 12.3. The maximum atomic E-state index is 11.2. The molecule has 1 aromatic rings. The van der Waals surface area contributed by atoms with Crippen molar-refractivity contribution in [2.24, 2.45) is 0 Å². The third-order valence-corrected chi connectivity index (χ3v) is 2.37. The van der Waals surface area contributed by atoms with Gasteiger partial charge >= 0.3 is 0 Å². The van der Waals surface area contributed by atoms with E-state index in [0.717, 1.165) is 6.26 Å². The number of benzene rings is 1. The van der Waals surface area contributed by atoms with Crippen molar-refractivity contribution in [2.75, 3.05) is 18.0 Å². The summed E-state index contributed by atoms with van der Waals surface area (Å²) >= 11 is 0. The molecule has 0 heterocycles. The highest BCUT2D eigenvalue weighted by molar-refractivity contribution is 7.92. The standard InChI is InChI=1S/C9H12N2O4S/c1-10-9(13)6-3-4-7(8(12)5-6)11-16(2,14)15/h3-5,11-12H,1-2H3,(H,10,13). The van der Waals surface area contributed by atoms with E-state index in [-0.39, 0.29) is 22.9 Å². The molecule has 0 saturated carbocycles. The molecule has 0 bridgehead atoms. The third-order valence-electron chi connectivity index (χ3n) is 1.78. The van der Waals surface area contributed by atoms with E-state index >= 15 is 0 Å². The van der Waals surface area contributed by atoms with Gasteiger partial charge in [0.25, 0.3) is 5.91 Å². The summed E-state index contributed by atoms with van der Waals surface area (Å²) in [5.74, 6) is -0.660. The van der Waals surface area contributed by atoms with Gasteiger partial charge in [0.1, 0.15) is 5.75 Å². The molecule has 7 heteroatoms. The Hall–Kier alpha value is -1.76. The lowest BCUT2D eigenvalue weighted by atomic mass is 10.2. The topological polar surface area (TPSA) is 95.5 Å². The minimum atomic E-state index is -3.45. The normalized spacial score (nSPS) is 10.9. The molecule has 0 aromatic heterocycles. The minimum Gasteiger partial charge on any atom is -0.506 e. The van der Waals surface area contributed by atoms with Crippen molar-refractivity contribution in [3.63, 3.8) is 0 Å². The molecule has 1 rings (SSSR count). The molecule has 0 aliphatic heterocycles. The van der Waals surface area contributed by atoms with Gasteiger partial charge in [0.2, 0.25) is 10.0 Å². The van der Waals surface area contributed by atoms with E-state index in [1.54, 1.807) is 0 Å². The summed E-state index contributed by atoms with van der Waals surface area (Å²) in [4.78, 5) is 11.2. The number of hydrogen-bond donors (Lipinski definition) is 3. The maximum Gasteiger partial charge on any atom is 0.251 e. The van der Waals surface area contributed by atoms with Gasteiger partial charge in [-0.25, -0.2) is 8.42 Å². The summed E-state index contributed by atoms with van der Waals surface area (Å²) < 4.78 is 24.0. The fraction of sp³-hybridized carbons (Fsp3) is 0.222. The van der Waals surface area contributed by atoms with E-state index in [2.05, 4.69) is 10.0 Å². The first-order chi connectivity index (χ1) is 7.33. The molecule has 6 nitrogen and oxygen atoms in total. The van der Waals surface area contributed by atoms with Gasteiger partial charge in [-0.3, -0.25) is 9.52 Å². The Morgan fingerprint density at radius 2 is 2.00 bits per heavy atom. The molecule has 0 fully saturated rings. The molecule has 0 aliphatic carbocycles. The number of amides is 1. The van der Waals surface area contributed by atoms with Gasteiger partial charge in [-0.15, -0.1) is 0 Å². The number of aromatic hydroxyl groups is 1. The van der Waals surface area contributed by atoms with Gasteiger partial charge in [0.05, 0.1) is 11.9 Å². The van der Waals surface area contributed by atoms with Crippen LogP contribution in [0.3, 0.4) is 0 Å².